The molecule has 0 bridgehead atoms. The van der Waals surface area contributed by atoms with Crippen molar-refractivity contribution in [1.29, 1.82) is 0 Å². The first kappa shape index (κ1) is 35.9. The van der Waals surface area contributed by atoms with Crippen molar-refractivity contribution in [2.75, 3.05) is 13.2 Å². The molecule has 2 saturated heterocycles. The van der Waals surface area contributed by atoms with Crippen molar-refractivity contribution in [2.24, 2.45) is 0 Å². The highest BCUT2D eigenvalue weighted by Gasteiger charge is 2.51. The molecule has 4 heterocycles. The van der Waals surface area contributed by atoms with Crippen LogP contribution < -0.4 is 0 Å². The number of hydrogen-bond acceptors (Lipinski definition) is 13. The summed E-state index contributed by atoms with van der Waals surface area (Å²) in [6.07, 6.45) is -7.01. The van der Waals surface area contributed by atoms with Crippen LogP contribution in [0.1, 0.15) is 12.1 Å². The van der Waals surface area contributed by atoms with Gasteiger partial charge < -0.3 is 40.1 Å². The molecule has 21 heteroatoms. The number of aliphatic hydroxyl groups excluding tert-OH is 6. The Labute approximate surface area is 287 Å². The molecule has 264 valence electrons. The number of ether oxygens (including phenoxy) is 2. The molecule has 6 N–H and O–H groups in total. The molecule has 0 spiro atoms. The summed E-state index contributed by atoms with van der Waals surface area (Å²) in [6, 6.07) is 1.74. The zero-order chi connectivity index (χ0) is 35.3. The molecule has 0 aliphatic carbocycles. The normalized spacial score (nSPS) is 30.5. The third kappa shape index (κ3) is 6.53. The lowest BCUT2D eigenvalue weighted by molar-refractivity contribution is -0.189. The van der Waals surface area contributed by atoms with E-state index in [2.05, 4.69) is 20.6 Å². The SMILES string of the molecule is OCC1O[C@@H](S[C@@H]2O[C@H](CO)C(O)C(n3cc(-c4ccc(Cl)c(F)c4F)nn3)[C@H]2O)C(O)C(n2cc(-c3ccc(Cl)c(F)c3F)nn2)[C@H]1O. The molecule has 10 atom stereocenters. The quantitative estimate of drug-likeness (QED) is 0.112. The van der Waals surface area contributed by atoms with E-state index < -0.39 is 106 Å². The lowest BCUT2D eigenvalue weighted by Crippen LogP contribution is -2.58. The molecule has 2 aromatic heterocycles. The number of thioether (sulfide) groups is 1. The van der Waals surface area contributed by atoms with Gasteiger partial charge in [-0.05, 0) is 24.3 Å². The topological polar surface area (TPSA) is 201 Å². The van der Waals surface area contributed by atoms with Crippen LogP contribution in [0.25, 0.3) is 22.5 Å². The molecule has 49 heavy (non-hydrogen) atoms. The van der Waals surface area contributed by atoms with Crippen molar-refractivity contribution in [3.8, 4) is 22.5 Å². The van der Waals surface area contributed by atoms with Crippen LogP contribution in [-0.4, -0.2) is 121 Å². The summed E-state index contributed by atoms with van der Waals surface area (Å²) in [5.74, 6) is -5.25. The van der Waals surface area contributed by atoms with Crippen molar-refractivity contribution in [2.45, 2.75) is 59.6 Å². The van der Waals surface area contributed by atoms with Crippen LogP contribution in [-0.2, 0) is 9.47 Å². The summed E-state index contributed by atoms with van der Waals surface area (Å²) in [7, 11) is 0. The molecule has 2 aliphatic rings. The first-order valence-corrected chi connectivity index (χ1v) is 16.1. The van der Waals surface area contributed by atoms with Crippen LogP contribution >= 0.6 is 35.0 Å². The Morgan fingerprint density at radius 2 is 1.02 bits per heavy atom. The number of nitrogens with zero attached hydrogens (tertiary/aromatic N) is 6. The maximum absolute atomic E-state index is 14.6. The summed E-state index contributed by atoms with van der Waals surface area (Å²) >= 11 is 11.9. The van der Waals surface area contributed by atoms with Crippen LogP contribution in [0.5, 0.6) is 0 Å². The Bertz CT molecular complexity index is 1700. The van der Waals surface area contributed by atoms with E-state index >= 15 is 0 Å². The lowest BCUT2D eigenvalue weighted by atomic mass is 9.97. The van der Waals surface area contributed by atoms with E-state index in [1.54, 1.807) is 0 Å². The van der Waals surface area contributed by atoms with Gasteiger partial charge in [-0.3, -0.25) is 0 Å². The molecule has 0 radical (unpaired) electrons. The first-order chi connectivity index (χ1) is 23.4. The van der Waals surface area contributed by atoms with Crippen molar-refractivity contribution >= 4 is 35.0 Å². The van der Waals surface area contributed by atoms with Crippen LogP contribution in [0.2, 0.25) is 10.0 Å². The molecule has 4 aromatic rings. The predicted octanol–water partition coefficient (Wildman–Crippen LogP) is 1.46. The van der Waals surface area contributed by atoms with Gasteiger partial charge in [0, 0.05) is 11.1 Å². The van der Waals surface area contributed by atoms with Crippen LogP contribution in [0.4, 0.5) is 17.6 Å². The maximum Gasteiger partial charge on any atom is 0.178 e. The number of halogens is 6. The minimum atomic E-state index is -1.68. The third-order valence-corrected chi connectivity index (χ3v) is 10.1. The van der Waals surface area contributed by atoms with Gasteiger partial charge in [0.1, 0.15) is 71.0 Å². The number of aliphatic hydroxyl groups is 6. The average Bonchev–Trinajstić information content (AvgIpc) is 3.76. The summed E-state index contributed by atoms with van der Waals surface area (Å²) in [6.45, 7) is -1.50. The van der Waals surface area contributed by atoms with E-state index in [1.165, 1.54) is 0 Å². The molecular formula is C28H26Cl2F4N6O8S. The van der Waals surface area contributed by atoms with Gasteiger partial charge in [0.25, 0.3) is 0 Å². The second-order valence-corrected chi connectivity index (χ2v) is 13.2. The zero-order valence-electron chi connectivity index (χ0n) is 24.5. The Morgan fingerprint density at radius 1 is 0.633 bits per heavy atom. The van der Waals surface area contributed by atoms with Gasteiger partial charge in [-0.2, -0.15) is 0 Å². The Morgan fingerprint density at radius 3 is 1.39 bits per heavy atom. The summed E-state index contributed by atoms with van der Waals surface area (Å²) in [5.41, 5.74) is -3.76. The van der Waals surface area contributed by atoms with E-state index in [-0.39, 0.29) is 22.5 Å². The Balaban J connectivity index is 1.26. The molecule has 14 nitrogen and oxygen atoms in total. The summed E-state index contributed by atoms with van der Waals surface area (Å²) < 4.78 is 70.8. The molecule has 0 saturated carbocycles. The van der Waals surface area contributed by atoms with Gasteiger partial charge >= 0.3 is 0 Å². The van der Waals surface area contributed by atoms with E-state index in [1.807, 2.05) is 0 Å². The van der Waals surface area contributed by atoms with Crippen LogP contribution in [0.3, 0.4) is 0 Å². The predicted molar refractivity (Wildman–Crippen MR) is 162 cm³/mol. The minimum absolute atomic E-state index is 0.175. The van der Waals surface area contributed by atoms with E-state index in [0.717, 1.165) is 46.0 Å². The van der Waals surface area contributed by atoms with Gasteiger partial charge in [-0.15, -0.1) is 10.2 Å². The maximum atomic E-state index is 14.6. The van der Waals surface area contributed by atoms with E-state index in [4.69, 9.17) is 32.7 Å². The van der Waals surface area contributed by atoms with Gasteiger partial charge in [-0.1, -0.05) is 45.4 Å². The van der Waals surface area contributed by atoms with Crippen molar-refractivity contribution in [3.63, 3.8) is 0 Å². The number of benzene rings is 2. The van der Waals surface area contributed by atoms with Crippen LogP contribution in [0.15, 0.2) is 36.7 Å². The second-order valence-electron chi connectivity index (χ2n) is 11.1. The van der Waals surface area contributed by atoms with Crippen LogP contribution in [0, 0.1) is 23.3 Å². The number of hydrogen-bond donors (Lipinski definition) is 6. The fourth-order valence-electron chi connectivity index (χ4n) is 5.66. The third-order valence-electron chi connectivity index (χ3n) is 8.22. The molecule has 2 aliphatic heterocycles. The highest BCUT2D eigenvalue weighted by atomic mass is 35.5. The molecule has 0 amide bonds. The fourth-order valence-corrected chi connectivity index (χ4v) is 7.27. The first-order valence-electron chi connectivity index (χ1n) is 14.4. The van der Waals surface area contributed by atoms with Crippen molar-refractivity contribution in [3.05, 3.63) is 70.0 Å². The molecular weight excluding hydrogens is 727 g/mol. The van der Waals surface area contributed by atoms with Gasteiger partial charge in [0.15, 0.2) is 23.3 Å². The Kier molecular flexibility index (Phi) is 10.5. The highest BCUT2D eigenvalue weighted by Crippen LogP contribution is 2.42. The monoisotopic (exact) mass is 752 g/mol. The molecule has 2 aromatic carbocycles. The van der Waals surface area contributed by atoms with Gasteiger partial charge in [-0.25, -0.2) is 26.9 Å². The molecule has 6 rings (SSSR count). The lowest BCUT2D eigenvalue weighted by Gasteiger charge is -2.46. The molecule has 5 unspecified atom stereocenters. The Hall–Kier alpha value is -2.95. The average molecular weight is 754 g/mol. The minimum Gasteiger partial charge on any atom is -0.394 e. The molecule has 2 fully saturated rings. The number of aromatic nitrogens is 6. The summed E-state index contributed by atoms with van der Waals surface area (Å²) in [4.78, 5) is 0. The van der Waals surface area contributed by atoms with E-state index in [9.17, 15) is 48.2 Å². The van der Waals surface area contributed by atoms with Crippen molar-refractivity contribution < 1.29 is 57.7 Å². The standard InChI is InChI=1S/C28H26Cl2F4N6O8S/c29-11-3-1-9(17(31)19(11)33)13-5-39(37-35-13)21-23(43)15(7-41)47-27(25(21)45)49-28-26(46)22(24(44)16(8-42)48-28)40-6-14(36-38-40)10-2-4-12(30)20(34)18(10)32/h1-6,15-16,21-28,41-46H,7-8H2/t15-,16?,21?,22?,23?,24+,25-,26?,27+,28+/m1/s1. The fraction of sp³-hybridized carbons (Fsp3) is 0.429. The second kappa shape index (κ2) is 14.3. The smallest absolute Gasteiger partial charge is 0.178 e. The van der Waals surface area contributed by atoms with Gasteiger partial charge in [0.05, 0.1) is 35.7 Å². The zero-order valence-corrected chi connectivity index (χ0v) is 26.8. The van der Waals surface area contributed by atoms with E-state index in [0.29, 0.717) is 11.8 Å². The highest BCUT2D eigenvalue weighted by molar-refractivity contribution is 8.00. The van der Waals surface area contributed by atoms with Gasteiger partial charge in [0.2, 0.25) is 0 Å². The summed E-state index contributed by atoms with van der Waals surface area (Å²) in [5, 5.41) is 79.1. The largest absolute Gasteiger partial charge is 0.394 e. The van der Waals surface area contributed by atoms with Crippen molar-refractivity contribution in [1.82, 2.24) is 30.0 Å². The number of rotatable bonds is 8.